The monoisotopic (exact) mass is 586 g/mol. The fraction of sp³-hybridized carbons (Fsp3) is 0.0667. The highest BCUT2D eigenvalue weighted by molar-refractivity contribution is 9.10. The van der Waals surface area contributed by atoms with Crippen LogP contribution in [-0.2, 0) is 9.53 Å². The largest absolute Gasteiger partial charge is 0.458 e. The molecule has 3 heterocycles. The quantitative estimate of drug-likeness (QED) is 0.139. The van der Waals surface area contributed by atoms with E-state index in [1.54, 1.807) is 12.1 Å². The van der Waals surface area contributed by atoms with Crippen molar-refractivity contribution in [3.63, 3.8) is 0 Å². The Morgan fingerprint density at radius 3 is 2.53 bits per heavy atom. The number of esters is 1. The third-order valence-electron chi connectivity index (χ3n) is 5.69. The predicted molar refractivity (Wildman–Crippen MR) is 154 cm³/mol. The number of hydrogen-bond donors (Lipinski definition) is 1. The minimum atomic E-state index is -1.08. The first-order valence-electron chi connectivity index (χ1n) is 11.7. The van der Waals surface area contributed by atoms with E-state index in [0.717, 1.165) is 14.9 Å². The molecule has 0 aliphatic rings. The maximum absolute atomic E-state index is 13.0. The lowest BCUT2D eigenvalue weighted by Crippen LogP contribution is -2.22. The first-order valence-corrected chi connectivity index (χ1v) is 13.4. The Kier molecular flexibility index (Phi) is 7.72. The summed E-state index contributed by atoms with van der Waals surface area (Å²) in [6, 6.07) is 26.4. The number of nitrogens with two attached hydrogens (primary N) is 1. The van der Waals surface area contributed by atoms with E-state index in [4.69, 9.17) is 24.6 Å². The van der Waals surface area contributed by atoms with Gasteiger partial charge in [0, 0.05) is 21.2 Å². The molecule has 190 valence electrons. The maximum Gasteiger partial charge on any atom is 0.352 e. The second kappa shape index (κ2) is 11.5. The Balaban J connectivity index is 1.58. The van der Waals surface area contributed by atoms with Crippen molar-refractivity contribution in [2.75, 3.05) is 12.3 Å². The number of halogens is 1. The minimum Gasteiger partial charge on any atom is -0.458 e. The van der Waals surface area contributed by atoms with E-state index in [2.05, 4.69) is 22.5 Å². The predicted octanol–water partition coefficient (Wildman–Crippen LogP) is 7.93. The van der Waals surface area contributed by atoms with Gasteiger partial charge in [-0.3, -0.25) is 0 Å². The van der Waals surface area contributed by atoms with Crippen LogP contribution in [0.3, 0.4) is 0 Å². The van der Waals surface area contributed by atoms with Crippen LogP contribution in [0.15, 0.2) is 112 Å². The normalized spacial score (nSPS) is 11.6. The molecule has 3 aromatic heterocycles. The van der Waals surface area contributed by atoms with E-state index < -0.39 is 12.1 Å². The number of furan rings is 1. The summed E-state index contributed by atoms with van der Waals surface area (Å²) in [5.41, 5.74) is 9.65. The molecular weight excluding hydrogens is 564 g/mol. The lowest BCUT2D eigenvalue weighted by atomic mass is 10.1. The van der Waals surface area contributed by atoms with E-state index in [1.807, 2.05) is 78.2 Å². The molecule has 0 aliphatic carbocycles. The van der Waals surface area contributed by atoms with E-state index >= 15 is 0 Å². The molecule has 0 spiro atoms. The number of hydrogen-bond acceptors (Lipinski definition) is 7. The molecule has 0 amide bonds. The van der Waals surface area contributed by atoms with Crippen molar-refractivity contribution in [2.24, 2.45) is 0 Å². The molecule has 1 unspecified atom stereocenters. The number of pyridine rings is 1. The maximum atomic E-state index is 13.0. The standard InChI is InChI=1S/C30H23BrN2O4S/c1-2-16-35-30(34)28(20-7-4-3-5-8-20)37-29-27(32)22(18-23(33-29)26-9-6-17-38-26)25-15-14-24(36-25)19-10-12-21(31)13-11-19/h2-15,17-18,28H,1,16,32H2. The van der Waals surface area contributed by atoms with Gasteiger partial charge in [-0.2, -0.15) is 0 Å². The van der Waals surface area contributed by atoms with Gasteiger partial charge in [0.1, 0.15) is 23.8 Å². The van der Waals surface area contributed by atoms with Gasteiger partial charge in [-0.15, -0.1) is 11.3 Å². The summed E-state index contributed by atoms with van der Waals surface area (Å²) >= 11 is 4.99. The highest BCUT2D eigenvalue weighted by atomic mass is 79.9. The number of carbonyl (C=O) groups excluding carboxylic acids is 1. The van der Waals surface area contributed by atoms with Gasteiger partial charge in [0.15, 0.2) is 0 Å². The molecule has 0 fully saturated rings. The van der Waals surface area contributed by atoms with Crippen molar-refractivity contribution in [2.45, 2.75) is 6.10 Å². The Bertz CT molecular complexity index is 1550. The molecule has 5 rings (SSSR count). The van der Waals surface area contributed by atoms with Crippen LogP contribution in [0.4, 0.5) is 5.69 Å². The number of nitrogen functional groups attached to an aromatic ring is 1. The SMILES string of the molecule is C=CCOC(=O)C(Oc1nc(-c2cccs2)cc(-c2ccc(-c3ccc(Br)cc3)o2)c1N)c1ccccc1. The average molecular weight is 587 g/mol. The number of benzene rings is 2. The minimum absolute atomic E-state index is 0.0557. The zero-order chi connectivity index (χ0) is 26.5. The second-order valence-electron chi connectivity index (χ2n) is 8.25. The van der Waals surface area contributed by atoms with Gasteiger partial charge in [0.2, 0.25) is 12.0 Å². The molecule has 0 saturated carbocycles. The molecule has 8 heteroatoms. The van der Waals surface area contributed by atoms with E-state index in [-0.39, 0.29) is 18.2 Å². The van der Waals surface area contributed by atoms with Crippen LogP contribution in [0.25, 0.3) is 33.2 Å². The number of aromatic nitrogens is 1. The van der Waals surface area contributed by atoms with E-state index in [9.17, 15) is 4.79 Å². The molecule has 2 N–H and O–H groups in total. The molecule has 0 radical (unpaired) electrons. The topological polar surface area (TPSA) is 87.6 Å². The molecule has 0 saturated heterocycles. The molecule has 1 atom stereocenters. The Morgan fingerprint density at radius 2 is 1.82 bits per heavy atom. The van der Waals surface area contributed by atoms with Crippen molar-refractivity contribution in [1.29, 1.82) is 0 Å². The van der Waals surface area contributed by atoms with Crippen LogP contribution in [0.5, 0.6) is 5.88 Å². The number of ether oxygens (including phenoxy) is 2. The molecular formula is C30H23BrN2O4S. The van der Waals surface area contributed by atoms with Gasteiger partial charge in [0.05, 0.1) is 10.6 Å². The molecule has 6 nitrogen and oxygen atoms in total. The van der Waals surface area contributed by atoms with Gasteiger partial charge in [0.25, 0.3) is 0 Å². The molecule has 38 heavy (non-hydrogen) atoms. The third kappa shape index (κ3) is 5.56. The van der Waals surface area contributed by atoms with Crippen LogP contribution in [0.2, 0.25) is 0 Å². The van der Waals surface area contributed by atoms with Crippen LogP contribution >= 0.6 is 27.3 Å². The first-order chi connectivity index (χ1) is 18.5. The van der Waals surface area contributed by atoms with E-state index in [0.29, 0.717) is 28.3 Å². The van der Waals surface area contributed by atoms with Crippen LogP contribution in [0.1, 0.15) is 11.7 Å². The molecule has 2 aromatic carbocycles. The highest BCUT2D eigenvalue weighted by Gasteiger charge is 2.27. The number of carbonyl (C=O) groups is 1. The molecule has 0 aliphatic heterocycles. The summed E-state index contributed by atoms with van der Waals surface area (Å²) in [5, 5.41) is 1.96. The van der Waals surface area contributed by atoms with Crippen molar-refractivity contribution in [1.82, 2.24) is 4.98 Å². The van der Waals surface area contributed by atoms with Gasteiger partial charge < -0.3 is 19.6 Å². The van der Waals surface area contributed by atoms with Crippen molar-refractivity contribution in [3.05, 3.63) is 113 Å². The second-order valence-corrected chi connectivity index (χ2v) is 10.1. The van der Waals surface area contributed by atoms with Crippen molar-refractivity contribution >= 4 is 38.9 Å². The Labute approximate surface area is 232 Å². The third-order valence-corrected chi connectivity index (χ3v) is 7.11. The number of rotatable bonds is 9. The lowest BCUT2D eigenvalue weighted by Gasteiger charge is -2.20. The van der Waals surface area contributed by atoms with Crippen molar-refractivity contribution < 1.29 is 18.7 Å². The lowest BCUT2D eigenvalue weighted by molar-refractivity contribution is -0.151. The number of anilines is 1. The van der Waals surface area contributed by atoms with Gasteiger partial charge >= 0.3 is 5.97 Å². The van der Waals surface area contributed by atoms with E-state index in [1.165, 1.54) is 17.4 Å². The smallest absolute Gasteiger partial charge is 0.352 e. The highest BCUT2D eigenvalue weighted by Crippen LogP contribution is 2.40. The average Bonchev–Trinajstić information content (AvgIpc) is 3.65. The zero-order valence-electron chi connectivity index (χ0n) is 20.2. The fourth-order valence-electron chi connectivity index (χ4n) is 3.84. The molecule has 5 aromatic rings. The molecule has 0 bridgehead atoms. The van der Waals surface area contributed by atoms with Gasteiger partial charge in [-0.25, -0.2) is 9.78 Å². The first kappa shape index (κ1) is 25.5. The summed E-state index contributed by atoms with van der Waals surface area (Å²) in [5.74, 6) is 0.780. The number of thiophene rings is 1. The summed E-state index contributed by atoms with van der Waals surface area (Å²) in [7, 11) is 0. The van der Waals surface area contributed by atoms with Crippen LogP contribution in [-0.4, -0.2) is 17.6 Å². The Morgan fingerprint density at radius 1 is 1.05 bits per heavy atom. The van der Waals surface area contributed by atoms with Crippen molar-refractivity contribution in [3.8, 4) is 39.1 Å². The number of nitrogens with zero attached hydrogens (tertiary/aromatic N) is 1. The summed E-state index contributed by atoms with van der Waals surface area (Å²) in [4.78, 5) is 18.6. The summed E-state index contributed by atoms with van der Waals surface area (Å²) < 4.78 is 18.7. The summed E-state index contributed by atoms with van der Waals surface area (Å²) in [6.45, 7) is 3.67. The summed E-state index contributed by atoms with van der Waals surface area (Å²) in [6.07, 6.45) is 0.425. The fourth-order valence-corrected chi connectivity index (χ4v) is 4.79. The van der Waals surface area contributed by atoms with Crippen LogP contribution in [0, 0.1) is 0 Å². The van der Waals surface area contributed by atoms with Gasteiger partial charge in [-0.1, -0.05) is 77.1 Å². The zero-order valence-corrected chi connectivity index (χ0v) is 22.6. The van der Waals surface area contributed by atoms with Gasteiger partial charge in [-0.05, 0) is 41.8 Å². The Hall–Kier alpha value is -4.14. The van der Waals surface area contributed by atoms with Crippen LogP contribution < -0.4 is 10.5 Å².